The molecule has 0 aromatic carbocycles. The first-order chi connectivity index (χ1) is 8.36. The third kappa shape index (κ3) is 4.32. The SMILES string of the molecule is CCC(C)(C)N(C)CC(C)CCc1nsnc1C. The third-order valence-electron chi connectivity index (χ3n) is 4.10. The molecule has 0 aliphatic rings. The average molecular weight is 269 g/mol. The Morgan fingerprint density at radius 1 is 1.33 bits per heavy atom. The molecule has 0 aliphatic heterocycles. The van der Waals surface area contributed by atoms with Crippen LogP contribution in [0.5, 0.6) is 0 Å². The van der Waals surface area contributed by atoms with Crippen molar-refractivity contribution in [2.24, 2.45) is 5.92 Å². The van der Waals surface area contributed by atoms with Gasteiger partial charge in [0.1, 0.15) is 0 Å². The van der Waals surface area contributed by atoms with Crippen molar-refractivity contribution < 1.29 is 0 Å². The molecule has 3 nitrogen and oxygen atoms in total. The highest BCUT2D eigenvalue weighted by Gasteiger charge is 2.22. The Bertz CT molecular complexity index is 360. The van der Waals surface area contributed by atoms with Crippen LogP contribution in [0.3, 0.4) is 0 Å². The van der Waals surface area contributed by atoms with Crippen LogP contribution in [0.15, 0.2) is 0 Å². The fourth-order valence-corrected chi connectivity index (χ4v) is 2.53. The Labute approximate surface area is 116 Å². The summed E-state index contributed by atoms with van der Waals surface area (Å²) >= 11 is 1.33. The van der Waals surface area contributed by atoms with Gasteiger partial charge in [0.05, 0.1) is 23.1 Å². The van der Waals surface area contributed by atoms with Gasteiger partial charge in [0.25, 0.3) is 0 Å². The van der Waals surface area contributed by atoms with Crippen molar-refractivity contribution in [3.05, 3.63) is 11.4 Å². The molecule has 1 aromatic heterocycles. The molecule has 1 heterocycles. The van der Waals surface area contributed by atoms with Crippen LogP contribution in [0.25, 0.3) is 0 Å². The van der Waals surface area contributed by atoms with Crippen molar-refractivity contribution in [2.75, 3.05) is 13.6 Å². The molecule has 0 amide bonds. The van der Waals surface area contributed by atoms with Gasteiger partial charge in [-0.05, 0) is 53.0 Å². The number of aryl methyl sites for hydroxylation is 2. The zero-order valence-electron chi connectivity index (χ0n) is 12.7. The van der Waals surface area contributed by atoms with Gasteiger partial charge in [-0.25, -0.2) is 0 Å². The van der Waals surface area contributed by atoms with Crippen molar-refractivity contribution >= 4 is 11.7 Å². The molecule has 0 spiro atoms. The van der Waals surface area contributed by atoms with Crippen LogP contribution in [-0.4, -0.2) is 32.8 Å². The van der Waals surface area contributed by atoms with E-state index in [9.17, 15) is 0 Å². The first-order valence-electron chi connectivity index (χ1n) is 6.86. The summed E-state index contributed by atoms with van der Waals surface area (Å²) in [5, 5.41) is 0. The standard InChI is InChI=1S/C14H27N3S/c1-7-14(4,5)17(6)10-11(2)8-9-13-12(3)15-18-16-13/h11H,7-10H2,1-6H3. The summed E-state index contributed by atoms with van der Waals surface area (Å²) in [7, 11) is 2.23. The molecule has 104 valence electrons. The van der Waals surface area contributed by atoms with Gasteiger partial charge in [0.15, 0.2) is 0 Å². The minimum Gasteiger partial charge on any atom is -0.301 e. The summed E-state index contributed by atoms with van der Waals surface area (Å²) in [4.78, 5) is 2.48. The molecule has 1 atom stereocenters. The van der Waals surface area contributed by atoms with Gasteiger partial charge in [-0.2, -0.15) is 8.75 Å². The molecule has 4 heteroatoms. The van der Waals surface area contributed by atoms with E-state index in [-0.39, 0.29) is 0 Å². The number of hydrogen-bond acceptors (Lipinski definition) is 4. The predicted octanol–water partition coefficient (Wildman–Crippen LogP) is 3.54. The molecule has 1 unspecified atom stereocenters. The van der Waals surface area contributed by atoms with Crippen molar-refractivity contribution in [3.63, 3.8) is 0 Å². The monoisotopic (exact) mass is 269 g/mol. The topological polar surface area (TPSA) is 29.0 Å². The number of aromatic nitrogens is 2. The summed E-state index contributed by atoms with van der Waals surface area (Å²) < 4.78 is 8.58. The third-order valence-corrected chi connectivity index (χ3v) is 4.76. The largest absolute Gasteiger partial charge is 0.301 e. The van der Waals surface area contributed by atoms with Crippen molar-refractivity contribution in [3.8, 4) is 0 Å². The van der Waals surface area contributed by atoms with E-state index >= 15 is 0 Å². The van der Waals surface area contributed by atoms with E-state index in [1.54, 1.807) is 0 Å². The Morgan fingerprint density at radius 2 is 2.00 bits per heavy atom. The van der Waals surface area contributed by atoms with Gasteiger partial charge in [-0.1, -0.05) is 13.8 Å². The van der Waals surface area contributed by atoms with Gasteiger partial charge < -0.3 is 4.90 Å². The first-order valence-corrected chi connectivity index (χ1v) is 7.59. The van der Waals surface area contributed by atoms with Crippen LogP contribution in [0.2, 0.25) is 0 Å². The van der Waals surface area contributed by atoms with Crippen molar-refractivity contribution in [1.82, 2.24) is 13.6 Å². The molecule has 0 saturated carbocycles. The zero-order valence-corrected chi connectivity index (χ0v) is 13.5. The highest BCUT2D eigenvalue weighted by Crippen LogP contribution is 2.20. The smallest absolute Gasteiger partial charge is 0.0772 e. The van der Waals surface area contributed by atoms with Gasteiger partial charge in [0.2, 0.25) is 0 Å². The fourth-order valence-electron chi connectivity index (χ4n) is 1.94. The zero-order chi connectivity index (χ0) is 13.8. The highest BCUT2D eigenvalue weighted by molar-refractivity contribution is 6.99. The summed E-state index contributed by atoms with van der Waals surface area (Å²) in [5.74, 6) is 0.696. The second-order valence-corrected chi connectivity index (χ2v) is 6.52. The molecule has 0 N–H and O–H groups in total. The quantitative estimate of drug-likeness (QED) is 0.758. The van der Waals surface area contributed by atoms with Crippen molar-refractivity contribution in [1.29, 1.82) is 0 Å². The maximum Gasteiger partial charge on any atom is 0.0772 e. The molecule has 1 rings (SSSR count). The maximum absolute atomic E-state index is 4.35. The first kappa shape index (κ1) is 15.6. The Hall–Kier alpha value is -0.480. The Kier molecular flexibility index (Phi) is 5.73. The average Bonchev–Trinajstić information content (AvgIpc) is 2.72. The van der Waals surface area contributed by atoms with Crippen LogP contribution in [0.1, 0.15) is 51.9 Å². The maximum atomic E-state index is 4.35. The molecule has 1 aromatic rings. The molecule has 0 saturated heterocycles. The van der Waals surface area contributed by atoms with Gasteiger partial charge in [0, 0.05) is 12.1 Å². The van der Waals surface area contributed by atoms with E-state index < -0.39 is 0 Å². The van der Waals surface area contributed by atoms with E-state index in [4.69, 9.17) is 0 Å². The predicted molar refractivity (Wildman–Crippen MR) is 79.1 cm³/mol. The summed E-state index contributed by atoms with van der Waals surface area (Å²) in [6.45, 7) is 12.4. The minimum absolute atomic E-state index is 0.298. The lowest BCUT2D eigenvalue weighted by Crippen LogP contribution is -2.42. The molecule has 18 heavy (non-hydrogen) atoms. The minimum atomic E-state index is 0.298. The van der Waals surface area contributed by atoms with E-state index in [0.717, 1.165) is 18.7 Å². The second kappa shape index (κ2) is 6.62. The van der Waals surface area contributed by atoms with Gasteiger partial charge in [-0.3, -0.25) is 0 Å². The van der Waals surface area contributed by atoms with E-state index in [0.29, 0.717) is 11.5 Å². The number of rotatable bonds is 7. The molecular weight excluding hydrogens is 242 g/mol. The van der Waals surface area contributed by atoms with Gasteiger partial charge in [-0.15, -0.1) is 0 Å². The lowest BCUT2D eigenvalue weighted by atomic mass is 9.96. The summed E-state index contributed by atoms with van der Waals surface area (Å²) in [6, 6.07) is 0. The highest BCUT2D eigenvalue weighted by atomic mass is 32.1. The van der Waals surface area contributed by atoms with Crippen molar-refractivity contribution in [2.45, 2.75) is 59.4 Å². The van der Waals surface area contributed by atoms with E-state index in [1.165, 1.54) is 30.3 Å². The van der Waals surface area contributed by atoms with Crippen LogP contribution in [-0.2, 0) is 6.42 Å². The normalized spacial score (nSPS) is 14.2. The summed E-state index contributed by atoms with van der Waals surface area (Å²) in [5.41, 5.74) is 2.59. The van der Waals surface area contributed by atoms with E-state index in [1.807, 2.05) is 0 Å². The summed E-state index contributed by atoms with van der Waals surface area (Å²) in [6.07, 6.45) is 3.44. The molecule has 0 fully saturated rings. The number of hydrogen-bond donors (Lipinski definition) is 0. The van der Waals surface area contributed by atoms with Crippen LogP contribution in [0.4, 0.5) is 0 Å². The fraction of sp³-hybridized carbons (Fsp3) is 0.857. The van der Waals surface area contributed by atoms with Crippen LogP contribution < -0.4 is 0 Å². The lowest BCUT2D eigenvalue weighted by molar-refractivity contribution is 0.129. The lowest BCUT2D eigenvalue weighted by Gasteiger charge is -2.36. The van der Waals surface area contributed by atoms with E-state index in [2.05, 4.69) is 55.3 Å². The Balaban J connectivity index is 2.38. The molecule has 0 radical (unpaired) electrons. The molecule has 0 aliphatic carbocycles. The molecular formula is C14H27N3S. The molecule has 0 bridgehead atoms. The number of nitrogens with zero attached hydrogens (tertiary/aromatic N) is 3. The Morgan fingerprint density at radius 3 is 2.50 bits per heavy atom. The van der Waals surface area contributed by atoms with Gasteiger partial charge >= 0.3 is 0 Å². The van der Waals surface area contributed by atoms with Crippen LogP contribution >= 0.6 is 11.7 Å². The second-order valence-electron chi connectivity index (χ2n) is 5.99. The van der Waals surface area contributed by atoms with Crippen LogP contribution in [0, 0.1) is 12.8 Å².